The number of nitrogens with zero attached hydrogens (tertiary/aromatic N) is 6. The SMILES string of the molecule is CN1N(Cc2ccc(OCC[N+]34CCN(CC3)CC4)c(F)c2F)C(=O)C(C(=O)Nc2ccc(C(F)(F)F)cc2-c2cc(C(F)(F)F)ncn2)=C(O)C12CCCC2.O=C[O-]. The van der Waals surface area contributed by atoms with E-state index in [1.807, 2.05) is 0 Å². The van der Waals surface area contributed by atoms with Crippen LogP contribution in [0.3, 0.4) is 0 Å². The molecule has 1 spiro atoms. The van der Waals surface area contributed by atoms with Gasteiger partial charge in [-0.05, 0) is 43.2 Å². The summed E-state index contributed by atoms with van der Waals surface area (Å²) in [6.07, 6.45) is -7.84. The quantitative estimate of drug-likeness (QED) is 0.138. The first-order valence-electron chi connectivity index (χ1n) is 18.5. The van der Waals surface area contributed by atoms with Crippen LogP contribution in [-0.4, -0.2) is 118 Å². The number of halogens is 8. The number of nitrogens with one attached hydrogen (secondary N) is 1. The number of aliphatic hydroxyl groups is 1. The predicted molar refractivity (Wildman–Crippen MR) is 189 cm³/mol. The summed E-state index contributed by atoms with van der Waals surface area (Å²) in [5, 5.41) is 24.5. The van der Waals surface area contributed by atoms with E-state index in [1.54, 1.807) is 0 Å². The van der Waals surface area contributed by atoms with Gasteiger partial charge in [-0.3, -0.25) is 19.5 Å². The Morgan fingerprint density at radius 2 is 1.63 bits per heavy atom. The minimum atomic E-state index is -4.99. The van der Waals surface area contributed by atoms with Crippen molar-refractivity contribution in [1.29, 1.82) is 0 Å². The fraction of sp³-hybridized carbons (Fsp3) is 0.447. The summed E-state index contributed by atoms with van der Waals surface area (Å²) in [6, 6.07) is 4.75. The maximum absolute atomic E-state index is 15.7. The molecule has 1 saturated carbocycles. The first kappa shape index (κ1) is 43.2. The number of ether oxygens (including phenoxy) is 1. The van der Waals surface area contributed by atoms with Crippen molar-refractivity contribution in [3.8, 4) is 17.0 Å². The molecule has 8 rings (SSSR count). The number of likely N-dealkylation sites (N-methyl/N-ethyl adjacent to an activating group) is 1. The highest BCUT2D eigenvalue weighted by molar-refractivity contribution is 6.24. The molecule has 0 unspecified atom stereocenters. The summed E-state index contributed by atoms with van der Waals surface area (Å²) in [4.78, 5) is 45.5. The van der Waals surface area contributed by atoms with Gasteiger partial charge in [0.25, 0.3) is 11.8 Å². The molecule has 5 aliphatic rings. The number of hydrogen-bond donors (Lipinski definition) is 2. The van der Waals surface area contributed by atoms with Crippen LogP contribution in [0.5, 0.6) is 5.75 Å². The van der Waals surface area contributed by atoms with E-state index in [-0.39, 0.29) is 30.8 Å². The van der Waals surface area contributed by atoms with Gasteiger partial charge in [0, 0.05) is 44.3 Å². The van der Waals surface area contributed by atoms with Gasteiger partial charge < -0.3 is 29.5 Å². The molecule has 2 aromatic carbocycles. The molecule has 2 N–H and O–H groups in total. The van der Waals surface area contributed by atoms with Crippen LogP contribution in [-0.2, 0) is 33.3 Å². The Hall–Kier alpha value is -5.41. The van der Waals surface area contributed by atoms with Gasteiger partial charge in [-0.1, -0.05) is 18.9 Å². The number of carbonyl (C=O) groups is 3. The second kappa shape index (κ2) is 16.7. The Morgan fingerprint density at radius 3 is 2.24 bits per heavy atom. The van der Waals surface area contributed by atoms with Crippen molar-refractivity contribution in [2.75, 3.05) is 64.8 Å². The van der Waals surface area contributed by atoms with Gasteiger partial charge in [0.05, 0.1) is 48.7 Å². The Labute approximate surface area is 332 Å². The molecule has 3 saturated heterocycles. The van der Waals surface area contributed by atoms with E-state index in [4.69, 9.17) is 14.6 Å². The number of piperazine rings is 3. The topological polar surface area (TPSA) is 151 Å². The van der Waals surface area contributed by atoms with Gasteiger partial charge >= 0.3 is 12.4 Å². The van der Waals surface area contributed by atoms with Gasteiger partial charge in [-0.15, -0.1) is 0 Å². The molecule has 1 aromatic heterocycles. The number of carbonyl (C=O) groups excluding carboxylic acids is 3. The summed E-state index contributed by atoms with van der Waals surface area (Å²) < 4.78 is 119. The van der Waals surface area contributed by atoms with Crippen LogP contribution in [0.15, 0.2) is 54.1 Å². The Bertz CT molecular complexity index is 2100. The standard InChI is InChI=1S/C37H37F8N7O4.CH2O2/c1-49-35(8-2-3-9-35)32(53)29(33(54)48-25-6-5-23(36(40,41)42)18-24(25)26-19-28(37(43,44)45)47-21-46-26)34(55)51(49)20-22-4-7-27(31(39)30(22)38)56-17-16-52-13-10-50(11-14-52)12-15-52;2-1-3/h4-7,18-19,21H,2-3,8-17,20H2,1H3,(H-,46,47,48,53,54,55);1H,(H,2,3). The molecule has 318 valence electrons. The predicted octanol–water partition coefficient (Wildman–Crippen LogP) is 4.30. The Kier molecular flexibility index (Phi) is 12.2. The molecule has 4 fully saturated rings. The Morgan fingerprint density at radius 1 is 0.983 bits per heavy atom. The van der Waals surface area contributed by atoms with E-state index < -0.39 is 93.9 Å². The van der Waals surface area contributed by atoms with Crippen molar-refractivity contribution in [1.82, 2.24) is 24.9 Å². The lowest BCUT2D eigenvalue weighted by atomic mass is 9.88. The molecule has 59 heavy (non-hydrogen) atoms. The van der Waals surface area contributed by atoms with E-state index in [0.29, 0.717) is 43.9 Å². The van der Waals surface area contributed by atoms with Crippen molar-refractivity contribution < 1.29 is 68.9 Å². The average molecular weight is 842 g/mol. The van der Waals surface area contributed by atoms with Crippen LogP contribution in [0.2, 0.25) is 0 Å². The summed E-state index contributed by atoms with van der Waals surface area (Å²) in [5.74, 6) is -5.96. The number of quaternary nitrogens is 1. The number of aromatic nitrogens is 2. The number of alkyl halides is 6. The molecule has 1 aliphatic carbocycles. The minimum absolute atomic E-state index is 0.162. The van der Waals surface area contributed by atoms with E-state index in [0.717, 1.165) is 54.8 Å². The summed E-state index contributed by atoms with van der Waals surface area (Å²) >= 11 is 0. The lowest BCUT2D eigenvalue weighted by Gasteiger charge is -2.50. The second-order valence-electron chi connectivity index (χ2n) is 14.7. The fourth-order valence-electron chi connectivity index (χ4n) is 8.16. The van der Waals surface area contributed by atoms with Gasteiger partial charge in [-0.25, -0.2) is 19.4 Å². The number of carboxylic acid groups (broad SMARTS) is 1. The summed E-state index contributed by atoms with van der Waals surface area (Å²) in [6.45, 7) is 5.50. The zero-order chi connectivity index (χ0) is 42.9. The Balaban J connectivity index is 0.00000189. The van der Waals surface area contributed by atoms with Gasteiger partial charge in [0.2, 0.25) is 5.82 Å². The van der Waals surface area contributed by atoms with E-state index in [1.165, 1.54) is 24.2 Å². The fourth-order valence-corrected chi connectivity index (χ4v) is 8.16. The number of hydrazine groups is 1. The number of anilines is 1. The largest absolute Gasteiger partial charge is 0.554 e. The highest BCUT2D eigenvalue weighted by atomic mass is 19.4. The van der Waals surface area contributed by atoms with Crippen LogP contribution in [0.25, 0.3) is 11.3 Å². The first-order valence-corrected chi connectivity index (χ1v) is 18.5. The van der Waals surface area contributed by atoms with Crippen molar-refractivity contribution >= 4 is 24.0 Å². The second-order valence-corrected chi connectivity index (χ2v) is 14.7. The molecule has 3 aromatic rings. The molecule has 2 amide bonds. The lowest BCUT2D eigenvalue weighted by Crippen LogP contribution is -2.68. The van der Waals surface area contributed by atoms with Crippen LogP contribution < -0.4 is 15.2 Å². The number of aliphatic hydroxyl groups excluding tert-OH is 1. The number of fused-ring (bicyclic) bond motifs is 3. The van der Waals surface area contributed by atoms with Crippen molar-refractivity contribution in [3.63, 3.8) is 0 Å². The highest BCUT2D eigenvalue weighted by Gasteiger charge is 2.53. The molecular formula is C38H39F8N7O6. The normalized spacial score (nSPS) is 21.7. The number of amides is 2. The lowest BCUT2D eigenvalue weighted by molar-refractivity contribution is -0.940. The molecule has 0 atom stereocenters. The smallest absolute Gasteiger partial charge is 0.433 e. The summed E-state index contributed by atoms with van der Waals surface area (Å²) in [5.41, 5.74) is -6.86. The number of benzene rings is 2. The third kappa shape index (κ3) is 8.67. The molecule has 5 heterocycles. The maximum atomic E-state index is 15.7. The minimum Gasteiger partial charge on any atom is -0.554 e. The van der Waals surface area contributed by atoms with Crippen LogP contribution in [0, 0.1) is 11.6 Å². The molecule has 13 nitrogen and oxygen atoms in total. The zero-order valence-electron chi connectivity index (χ0n) is 31.5. The molecule has 0 radical (unpaired) electrons. The maximum Gasteiger partial charge on any atom is 0.433 e. The number of hydrogen-bond acceptors (Lipinski definition) is 10. The van der Waals surface area contributed by atoms with E-state index >= 15 is 8.78 Å². The molecular weight excluding hydrogens is 802 g/mol. The number of rotatable bonds is 9. The monoisotopic (exact) mass is 841 g/mol. The molecule has 4 aliphatic heterocycles. The zero-order valence-corrected chi connectivity index (χ0v) is 31.5. The van der Waals surface area contributed by atoms with Crippen molar-refractivity contribution in [2.45, 2.75) is 50.1 Å². The van der Waals surface area contributed by atoms with E-state index in [2.05, 4.69) is 20.2 Å². The van der Waals surface area contributed by atoms with Crippen LogP contribution in [0.4, 0.5) is 40.8 Å². The van der Waals surface area contributed by atoms with Crippen molar-refractivity contribution in [3.05, 3.63) is 82.5 Å². The van der Waals surface area contributed by atoms with Crippen molar-refractivity contribution in [2.24, 2.45) is 0 Å². The van der Waals surface area contributed by atoms with Gasteiger partial charge in [0.1, 0.15) is 36.5 Å². The third-order valence-electron chi connectivity index (χ3n) is 11.5. The van der Waals surface area contributed by atoms with Crippen LogP contribution >= 0.6 is 0 Å². The van der Waals surface area contributed by atoms with E-state index in [9.17, 15) is 41.0 Å². The van der Waals surface area contributed by atoms with Crippen LogP contribution in [0.1, 0.15) is 42.5 Å². The summed E-state index contributed by atoms with van der Waals surface area (Å²) in [7, 11) is 1.45. The molecule has 2 bridgehead atoms. The molecule has 21 heteroatoms. The average Bonchev–Trinajstić information content (AvgIpc) is 3.70. The van der Waals surface area contributed by atoms with Gasteiger partial charge in [-0.2, -0.15) is 30.7 Å². The third-order valence-corrected chi connectivity index (χ3v) is 11.5. The highest BCUT2D eigenvalue weighted by Crippen LogP contribution is 2.45. The first-order chi connectivity index (χ1) is 27.8. The van der Waals surface area contributed by atoms with Gasteiger partial charge in [0.15, 0.2) is 11.6 Å².